The van der Waals surface area contributed by atoms with Gasteiger partial charge in [0, 0.05) is 6.42 Å². The molecule has 126 valence electrons. The van der Waals surface area contributed by atoms with Crippen molar-refractivity contribution in [3.8, 4) is 6.07 Å². The zero-order chi connectivity index (χ0) is 17.3. The van der Waals surface area contributed by atoms with Gasteiger partial charge in [-0.2, -0.15) is 5.26 Å². The van der Waals surface area contributed by atoms with Crippen molar-refractivity contribution in [2.45, 2.75) is 37.8 Å². The van der Waals surface area contributed by atoms with Gasteiger partial charge in [0.15, 0.2) is 17.5 Å². The van der Waals surface area contributed by atoms with Gasteiger partial charge >= 0.3 is 0 Å². The number of nitriles is 1. The lowest BCUT2D eigenvalue weighted by atomic mass is 9.88. The molecule has 2 aromatic rings. The van der Waals surface area contributed by atoms with E-state index in [2.05, 4.69) is 4.98 Å². The first kappa shape index (κ1) is 16.5. The van der Waals surface area contributed by atoms with Gasteiger partial charge in [-0.1, -0.05) is 18.9 Å². The summed E-state index contributed by atoms with van der Waals surface area (Å²) in [6.45, 7) is 0.0326. The van der Waals surface area contributed by atoms with Crippen LogP contribution in [0.5, 0.6) is 0 Å². The predicted molar refractivity (Wildman–Crippen MR) is 79.3 cm³/mol. The van der Waals surface area contributed by atoms with E-state index in [0.29, 0.717) is 12.3 Å². The zero-order valence-electron chi connectivity index (χ0n) is 12.8. The van der Waals surface area contributed by atoms with Crippen molar-refractivity contribution < 1.29 is 18.3 Å². The van der Waals surface area contributed by atoms with Crippen molar-refractivity contribution in [1.29, 1.82) is 5.26 Å². The van der Waals surface area contributed by atoms with E-state index in [4.69, 9.17) is 5.26 Å². The molecule has 0 radical (unpaired) electrons. The molecule has 1 unspecified atom stereocenters. The van der Waals surface area contributed by atoms with Crippen LogP contribution in [0.2, 0.25) is 0 Å². The molecule has 0 amide bonds. The third-order valence-corrected chi connectivity index (χ3v) is 4.29. The van der Waals surface area contributed by atoms with Crippen molar-refractivity contribution in [2.24, 2.45) is 5.92 Å². The Kier molecular flexibility index (Phi) is 4.33. The normalized spacial score (nSPS) is 16.6. The largest absolute Gasteiger partial charge is 0.388 e. The summed E-state index contributed by atoms with van der Waals surface area (Å²) in [4.78, 5) is 3.87. The van der Waals surface area contributed by atoms with Crippen molar-refractivity contribution in [3.63, 3.8) is 0 Å². The van der Waals surface area contributed by atoms with Gasteiger partial charge in [-0.15, -0.1) is 0 Å². The van der Waals surface area contributed by atoms with Gasteiger partial charge in [-0.25, -0.2) is 18.2 Å². The van der Waals surface area contributed by atoms with E-state index >= 15 is 0 Å². The van der Waals surface area contributed by atoms with E-state index in [0.717, 1.165) is 25.0 Å². The number of rotatable bonds is 6. The summed E-state index contributed by atoms with van der Waals surface area (Å²) in [7, 11) is 0. The van der Waals surface area contributed by atoms with Gasteiger partial charge in [-0.05, 0) is 24.0 Å². The number of aliphatic hydroxyl groups is 1. The van der Waals surface area contributed by atoms with Gasteiger partial charge in [0.1, 0.15) is 11.8 Å². The number of halogens is 3. The SMILES string of the molecule is N#Cc1cncn1CC(O)(Cc1ccc(F)c(F)c1F)CC1CC1. The minimum absolute atomic E-state index is 0.0326. The molecule has 0 spiro atoms. The first-order chi connectivity index (χ1) is 11.4. The molecule has 24 heavy (non-hydrogen) atoms. The summed E-state index contributed by atoms with van der Waals surface area (Å²) in [6.07, 6.45) is 4.95. The Morgan fingerprint density at radius 3 is 2.71 bits per heavy atom. The molecule has 1 aromatic heterocycles. The molecular weight excluding hydrogens is 319 g/mol. The van der Waals surface area contributed by atoms with E-state index in [9.17, 15) is 18.3 Å². The van der Waals surface area contributed by atoms with Crippen LogP contribution in [0.25, 0.3) is 0 Å². The topological polar surface area (TPSA) is 61.8 Å². The maximum absolute atomic E-state index is 14.0. The number of nitrogens with zero attached hydrogens (tertiary/aromatic N) is 3. The molecule has 0 aliphatic heterocycles. The van der Waals surface area contributed by atoms with Crippen LogP contribution in [-0.4, -0.2) is 20.3 Å². The van der Waals surface area contributed by atoms with Crippen LogP contribution in [0.4, 0.5) is 13.2 Å². The molecule has 1 atom stereocenters. The van der Waals surface area contributed by atoms with Crippen LogP contribution in [0, 0.1) is 34.7 Å². The second kappa shape index (κ2) is 6.29. The van der Waals surface area contributed by atoms with Gasteiger partial charge < -0.3 is 9.67 Å². The summed E-state index contributed by atoms with van der Waals surface area (Å²) < 4.78 is 42.0. The first-order valence-electron chi connectivity index (χ1n) is 7.67. The Morgan fingerprint density at radius 2 is 2.04 bits per heavy atom. The highest BCUT2D eigenvalue weighted by atomic mass is 19.2. The van der Waals surface area contributed by atoms with Crippen molar-refractivity contribution in [2.75, 3.05) is 0 Å². The van der Waals surface area contributed by atoms with Crippen LogP contribution in [0.1, 0.15) is 30.5 Å². The van der Waals surface area contributed by atoms with Crippen LogP contribution in [0.3, 0.4) is 0 Å². The van der Waals surface area contributed by atoms with Crippen molar-refractivity contribution in [3.05, 3.63) is 53.4 Å². The lowest BCUT2D eigenvalue weighted by Crippen LogP contribution is -2.38. The minimum Gasteiger partial charge on any atom is -0.388 e. The second-order valence-electron chi connectivity index (χ2n) is 6.40. The standard InChI is InChI=1S/C17H16F3N3O/c18-14-4-3-12(15(19)16(14)20)6-17(24,5-11-1-2-11)9-23-10-22-8-13(23)7-21/h3-4,8,10-11,24H,1-2,5-6,9H2. The molecule has 1 aliphatic rings. The minimum atomic E-state index is -1.54. The van der Waals surface area contributed by atoms with E-state index in [-0.39, 0.29) is 24.2 Å². The molecule has 1 fully saturated rings. The summed E-state index contributed by atoms with van der Waals surface area (Å²) in [5.41, 5.74) is -1.19. The summed E-state index contributed by atoms with van der Waals surface area (Å²) in [5.74, 6) is -3.77. The molecule has 0 bridgehead atoms. The van der Waals surface area contributed by atoms with Gasteiger partial charge in [0.05, 0.1) is 24.7 Å². The average molecular weight is 335 g/mol. The Hall–Kier alpha value is -2.33. The number of benzene rings is 1. The van der Waals surface area contributed by atoms with Crippen LogP contribution >= 0.6 is 0 Å². The monoisotopic (exact) mass is 335 g/mol. The fourth-order valence-electron chi connectivity index (χ4n) is 2.97. The fourth-order valence-corrected chi connectivity index (χ4v) is 2.97. The lowest BCUT2D eigenvalue weighted by Gasteiger charge is -2.29. The first-order valence-corrected chi connectivity index (χ1v) is 7.67. The van der Waals surface area contributed by atoms with E-state index in [1.54, 1.807) is 0 Å². The van der Waals surface area contributed by atoms with E-state index in [1.165, 1.54) is 17.1 Å². The fraction of sp³-hybridized carbons (Fsp3) is 0.412. The number of aromatic nitrogens is 2. The second-order valence-corrected chi connectivity index (χ2v) is 6.40. The van der Waals surface area contributed by atoms with Gasteiger partial charge in [0.2, 0.25) is 0 Å². The van der Waals surface area contributed by atoms with Gasteiger partial charge in [0.25, 0.3) is 0 Å². The molecule has 1 saturated carbocycles. The molecule has 1 aromatic carbocycles. The highest BCUT2D eigenvalue weighted by Crippen LogP contribution is 2.39. The quantitative estimate of drug-likeness (QED) is 0.826. The maximum atomic E-state index is 14.0. The summed E-state index contributed by atoms with van der Waals surface area (Å²) >= 11 is 0. The van der Waals surface area contributed by atoms with E-state index in [1.807, 2.05) is 6.07 Å². The number of hydrogen-bond acceptors (Lipinski definition) is 3. The van der Waals surface area contributed by atoms with Crippen LogP contribution < -0.4 is 0 Å². The predicted octanol–water partition coefficient (Wildman–Crippen LogP) is 2.95. The third kappa shape index (κ3) is 3.44. The molecule has 1 heterocycles. The van der Waals surface area contributed by atoms with Crippen LogP contribution in [0.15, 0.2) is 24.7 Å². The molecule has 1 aliphatic carbocycles. The Bertz CT molecular complexity index is 795. The number of imidazole rings is 1. The maximum Gasteiger partial charge on any atom is 0.194 e. The highest BCUT2D eigenvalue weighted by molar-refractivity contribution is 5.23. The van der Waals surface area contributed by atoms with Crippen molar-refractivity contribution >= 4 is 0 Å². The molecular formula is C17H16F3N3O. The summed E-state index contributed by atoms with van der Waals surface area (Å²) in [6, 6.07) is 3.96. The molecule has 1 N–H and O–H groups in total. The molecule has 7 heteroatoms. The number of hydrogen-bond donors (Lipinski definition) is 1. The highest BCUT2D eigenvalue weighted by Gasteiger charge is 2.37. The Balaban J connectivity index is 1.88. The lowest BCUT2D eigenvalue weighted by molar-refractivity contribution is 0.00813. The molecule has 0 saturated heterocycles. The van der Waals surface area contributed by atoms with Crippen molar-refractivity contribution in [1.82, 2.24) is 9.55 Å². The third-order valence-electron chi connectivity index (χ3n) is 4.29. The Morgan fingerprint density at radius 1 is 1.29 bits per heavy atom. The van der Waals surface area contributed by atoms with Crippen LogP contribution in [-0.2, 0) is 13.0 Å². The Labute approximate surface area is 137 Å². The smallest absolute Gasteiger partial charge is 0.194 e. The molecule has 4 nitrogen and oxygen atoms in total. The molecule has 3 rings (SSSR count). The average Bonchev–Trinajstić information content (AvgIpc) is 3.24. The summed E-state index contributed by atoms with van der Waals surface area (Å²) in [5, 5.41) is 20.1. The van der Waals surface area contributed by atoms with E-state index < -0.39 is 23.1 Å². The van der Waals surface area contributed by atoms with Gasteiger partial charge in [-0.3, -0.25) is 0 Å². The zero-order valence-corrected chi connectivity index (χ0v) is 12.8.